The molecule has 1 amide bonds. The zero-order valence-electron chi connectivity index (χ0n) is 13.6. The van der Waals surface area contributed by atoms with Gasteiger partial charge < -0.3 is 15.0 Å². The van der Waals surface area contributed by atoms with Gasteiger partial charge in [0.15, 0.2) is 0 Å². The maximum atomic E-state index is 12.7. The normalized spacial score (nSPS) is 15.2. The number of hydrogen-bond acceptors (Lipinski definition) is 2. The number of H-pyrrole nitrogens is 1. The van der Waals surface area contributed by atoms with Crippen LogP contribution in [0.15, 0.2) is 54.6 Å². The highest BCUT2D eigenvalue weighted by molar-refractivity contribution is 5.98. The summed E-state index contributed by atoms with van der Waals surface area (Å²) in [5.74, 6) is 0.754. The van der Waals surface area contributed by atoms with Crippen molar-refractivity contribution in [1.82, 2.24) is 10.3 Å². The maximum absolute atomic E-state index is 12.7. The summed E-state index contributed by atoms with van der Waals surface area (Å²) >= 11 is 0. The zero-order chi connectivity index (χ0) is 16.6. The summed E-state index contributed by atoms with van der Waals surface area (Å²) in [5.41, 5.74) is 2.49. The fraction of sp³-hybridized carbons (Fsp3) is 0.250. The minimum atomic E-state index is -0.202. The number of aromatic amines is 1. The molecule has 4 heteroatoms. The highest BCUT2D eigenvalue weighted by Gasteiger charge is 2.45. The summed E-state index contributed by atoms with van der Waals surface area (Å²) in [7, 11) is 0. The van der Waals surface area contributed by atoms with Gasteiger partial charge in [0, 0.05) is 10.9 Å². The molecule has 1 fully saturated rings. The number of carbonyl (C=O) groups is 1. The van der Waals surface area contributed by atoms with Crippen LogP contribution in [0, 0.1) is 0 Å². The molecule has 4 rings (SSSR count). The monoisotopic (exact) mass is 320 g/mol. The zero-order valence-corrected chi connectivity index (χ0v) is 13.6. The lowest BCUT2D eigenvalue weighted by Gasteiger charge is -2.17. The van der Waals surface area contributed by atoms with Crippen molar-refractivity contribution < 1.29 is 9.53 Å². The molecule has 0 unspecified atom stereocenters. The van der Waals surface area contributed by atoms with Crippen LogP contribution >= 0.6 is 0 Å². The Labute approximate surface area is 140 Å². The van der Waals surface area contributed by atoms with Gasteiger partial charge in [0.25, 0.3) is 5.91 Å². The van der Waals surface area contributed by atoms with E-state index in [1.54, 1.807) is 0 Å². The van der Waals surface area contributed by atoms with Crippen molar-refractivity contribution in [2.45, 2.75) is 25.3 Å². The van der Waals surface area contributed by atoms with Crippen molar-refractivity contribution in [3.8, 4) is 5.75 Å². The van der Waals surface area contributed by atoms with Crippen LogP contribution in [0.1, 0.15) is 35.8 Å². The molecule has 0 bridgehead atoms. The Kier molecular flexibility index (Phi) is 3.53. The van der Waals surface area contributed by atoms with E-state index in [0.29, 0.717) is 12.3 Å². The lowest BCUT2D eigenvalue weighted by molar-refractivity contribution is 0.0926. The van der Waals surface area contributed by atoms with E-state index in [2.05, 4.69) is 22.4 Å². The quantitative estimate of drug-likeness (QED) is 0.747. The fourth-order valence-electron chi connectivity index (χ4n) is 3.14. The minimum absolute atomic E-state index is 0.0643. The van der Waals surface area contributed by atoms with E-state index in [1.807, 2.05) is 49.4 Å². The van der Waals surface area contributed by atoms with Crippen molar-refractivity contribution in [3.63, 3.8) is 0 Å². The van der Waals surface area contributed by atoms with E-state index in [0.717, 1.165) is 29.5 Å². The van der Waals surface area contributed by atoms with Crippen LogP contribution in [0.5, 0.6) is 5.75 Å². The van der Waals surface area contributed by atoms with E-state index in [1.165, 1.54) is 5.56 Å². The second-order valence-corrected chi connectivity index (χ2v) is 6.27. The Morgan fingerprint density at radius 3 is 2.67 bits per heavy atom. The summed E-state index contributed by atoms with van der Waals surface area (Å²) in [6.45, 7) is 2.59. The molecular weight excluding hydrogens is 300 g/mol. The molecule has 1 heterocycles. The van der Waals surface area contributed by atoms with Gasteiger partial charge in [-0.2, -0.15) is 0 Å². The Balaban J connectivity index is 1.57. The molecule has 1 aliphatic carbocycles. The number of nitrogens with one attached hydrogen (secondary N) is 2. The molecule has 0 aliphatic heterocycles. The van der Waals surface area contributed by atoms with Gasteiger partial charge in [0.1, 0.15) is 11.4 Å². The van der Waals surface area contributed by atoms with E-state index < -0.39 is 0 Å². The maximum Gasteiger partial charge on any atom is 0.268 e. The number of ether oxygens (including phenoxy) is 1. The average molecular weight is 320 g/mol. The number of amides is 1. The van der Waals surface area contributed by atoms with Crippen LogP contribution in [0.3, 0.4) is 0 Å². The molecule has 4 nitrogen and oxygen atoms in total. The molecule has 2 aromatic carbocycles. The Hall–Kier alpha value is -2.75. The summed E-state index contributed by atoms with van der Waals surface area (Å²) in [6, 6.07) is 17.9. The number of benzene rings is 2. The van der Waals surface area contributed by atoms with Gasteiger partial charge >= 0.3 is 0 Å². The second kappa shape index (κ2) is 5.71. The van der Waals surface area contributed by atoms with Gasteiger partial charge in [0.05, 0.1) is 12.1 Å². The van der Waals surface area contributed by atoms with Gasteiger partial charge in [0.2, 0.25) is 0 Å². The first-order valence-corrected chi connectivity index (χ1v) is 8.34. The number of rotatable bonds is 5. The van der Waals surface area contributed by atoms with Crippen LogP contribution in [0.25, 0.3) is 10.9 Å². The number of carbonyl (C=O) groups excluding carboxylic acids is 1. The molecule has 3 aromatic rings. The molecule has 1 aliphatic rings. The molecule has 24 heavy (non-hydrogen) atoms. The highest BCUT2D eigenvalue weighted by atomic mass is 16.5. The van der Waals surface area contributed by atoms with Crippen LogP contribution < -0.4 is 10.1 Å². The number of hydrogen-bond donors (Lipinski definition) is 2. The number of aromatic nitrogens is 1. The Bertz CT molecular complexity index is 879. The van der Waals surface area contributed by atoms with Gasteiger partial charge in [-0.15, -0.1) is 0 Å². The molecule has 1 aromatic heterocycles. The van der Waals surface area contributed by atoms with Crippen molar-refractivity contribution in [3.05, 3.63) is 65.9 Å². The molecule has 0 saturated heterocycles. The molecule has 0 spiro atoms. The van der Waals surface area contributed by atoms with Crippen molar-refractivity contribution in [1.29, 1.82) is 0 Å². The van der Waals surface area contributed by atoms with E-state index in [-0.39, 0.29) is 11.4 Å². The van der Waals surface area contributed by atoms with Crippen LogP contribution in [-0.4, -0.2) is 17.5 Å². The van der Waals surface area contributed by atoms with Crippen LogP contribution in [-0.2, 0) is 5.54 Å². The van der Waals surface area contributed by atoms with Crippen LogP contribution in [0.2, 0.25) is 0 Å². The molecule has 2 N–H and O–H groups in total. The third-order valence-corrected chi connectivity index (χ3v) is 4.58. The SMILES string of the molecule is CCOc1ccc2[nH]c(C(=O)NC3(c4ccccc4)CC3)cc2c1. The predicted molar refractivity (Wildman–Crippen MR) is 94.3 cm³/mol. The first-order chi connectivity index (χ1) is 11.7. The summed E-state index contributed by atoms with van der Waals surface area (Å²) in [6.07, 6.45) is 1.97. The largest absolute Gasteiger partial charge is 0.494 e. The van der Waals surface area contributed by atoms with Gasteiger partial charge in [-0.1, -0.05) is 30.3 Å². The van der Waals surface area contributed by atoms with E-state index >= 15 is 0 Å². The third-order valence-electron chi connectivity index (χ3n) is 4.58. The van der Waals surface area contributed by atoms with Gasteiger partial charge in [-0.05, 0) is 49.6 Å². The smallest absolute Gasteiger partial charge is 0.268 e. The lowest BCUT2D eigenvalue weighted by atomic mass is 10.0. The topological polar surface area (TPSA) is 54.1 Å². The van der Waals surface area contributed by atoms with Crippen molar-refractivity contribution in [2.24, 2.45) is 0 Å². The molecular formula is C20H20N2O2. The molecule has 122 valence electrons. The average Bonchev–Trinajstić information content (AvgIpc) is 3.26. The minimum Gasteiger partial charge on any atom is -0.494 e. The fourth-order valence-corrected chi connectivity index (χ4v) is 3.14. The molecule has 0 atom stereocenters. The third kappa shape index (κ3) is 2.64. The van der Waals surface area contributed by atoms with Crippen LogP contribution in [0.4, 0.5) is 0 Å². The van der Waals surface area contributed by atoms with E-state index in [4.69, 9.17) is 4.74 Å². The number of fused-ring (bicyclic) bond motifs is 1. The second-order valence-electron chi connectivity index (χ2n) is 6.27. The van der Waals surface area contributed by atoms with Gasteiger partial charge in [-0.3, -0.25) is 4.79 Å². The molecule has 1 saturated carbocycles. The van der Waals surface area contributed by atoms with Gasteiger partial charge in [-0.25, -0.2) is 0 Å². The first-order valence-electron chi connectivity index (χ1n) is 8.34. The molecule has 0 radical (unpaired) electrons. The van der Waals surface area contributed by atoms with E-state index in [9.17, 15) is 4.79 Å². The Morgan fingerprint density at radius 1 is 1.17 bits per heavy atom. The summed E-state index contributed by atoms with van der Waals surface area (Å²) < 4.78 is 5.52. The highest BCUT2D eigenvalue weighted by Crippen LogP contribution is 2.45. The summed E-state index contributed by atoms with van der Waals surface area (Å²) in [5, 5.41) is 4.18. The van der Waals surface area contributed by atoms with Crippen molar-refractivity contribution >= 4 is 16.8 Å². The predicted octanol–water partition coefficient (Wildman–Crippen LogP) is 3.99. The summed E-state index contributed by atoms with van der Waals surface area (Å²) in [4.78, 5) is 15.9. The lowest BCUT2D eigenvalue weighted by Crippen LogP contribution is -2.34. The Morgan fingerprint density at radius 2 is 1.96 bits per heavy atom. The standard InChI is InChI=1S/C20H20N2O2/c1-2-24-16-8-9-17-14(12-16)13-18(21-17)19(23)22-20(10-11-20)15-6-4-3-5-7-15/h3-9,12-13,21H,2,10-11H2,1H3,(H,22,23). The first kappa shape index (κ1) is 14.8. The van der Waals surface area contributed by atoms with Crippen molar-refractivity contribution in [2.75, 3.05) is 6.61 Å².